The predicted octanol–water partition coefficient (Wildman–Crippen LogP) is 4.04. The fourth-order valence-electron chi connectivity index (χ4n) is 3.33. The second kappa shape index (κ2) is 6.37. The van der Waals surface area contributed by atoms with Crippen molar-refractivity contribution < 1.29 is 13.5 Å². The molecule has 1 aromatic carbocycles. The van der Waals surface area contributed by atoms with Crippen molar-refractivity contribution in [3.63, 3.8) is 0 Å². The summed E-state index contributed by atoms with van der Waals surface area (Å²) in [5, 5.41) is 0.293. The molecule has 0 bridgehead atoms. The molecule has 1 aliphatic rings. The maximum absolute atomic E-state index is 13.3. The molecule has 2 aromatic rings. The first-order valence-corrected chi connectivity index (χ1v) is 9.31. The van der Waals surface area contributed by atoms with Gasteiger partial charge in [0.2, 0.25) is 0 Å². The summed E-state index contributed by atoms with van der Waals surface area (Å²) in [5.41, 5.74) is 2.52. The second-order valence-electron chi connectivity index (χ2n) is 7.42. The van der Waals surface area contributed by atoms with Crippen LogP contribution >= 0.6 is 11.8 Å². The third kappa shape index (κ3) is 3.37. The van der Waals surface area contributed by atoms with Crippen molar-refractivity contribution >= 4 is 11.8 Å². The average Bonchev–Trinajstić information content (AvgIpc) is 2.54. The number of alkyl halides is 2. The molecule has 0 saturated heterocycles. The fraction of sp³-hybridized carbons (Fsp3) is 0.474. The van der Waals surface area contributed by atoms with Crippen LogP contribution in [0.1, 0.15) is 31.9 Å². The summed E-state index contributed by atoms with van der Waals surface area (Å²) >= 11 is 0.896. The van der Waals surface area contributed by atoms with Gasteiger partial charge in [0, 0.05) is 30.5 Å². The molecule has 0 saturated carbocycles. The van der Waals surface area contributed by atoms with Gasteiger partial charge in [-0.1, -0.05) is 31.7 Å². The van der Waals surface area contributed by atoms with Crippen LogP contribution in [0.4, 0.5) is 8.78 Å². The van der Waals surface area contributed by atoms with E-state index in [0.29, 0.717) is 28.6 Å². The minimum absolute atomic E-state index is 0.185. The molecular weight excluding hydrogens is 358 g/mol. The number of halogens is 2. The van der Waals surface area contributed by atoms with E-state index in [2.05, 4.69) is 4.98 Å². The van der Waals surface area contributed by atoms with E-state index >= 15 is 0 Å². The van der Waals surface area contributed by atoms with Crippen LogP contribution in [0.2, 0.25) is 0 Å². The monoisotopic (exact) mass is 380 g/mol. The van der Waals surface area contributed by atoms with Crippen molar-refractivity contribution in [1.82, 2.24) is 9.55 Å². The smallest absolute Gasteiger partial charge is 0.258 e. The summed E-state index contributed by atoms with van der Waals surface area (Å²) < 4.78 is 33.3. The van der Waals surface area contributed by atoms with Gasteiger partial charge >= 0.3 is 0 Å². The summed E-state index contributed by atoms with van der Waals surface area (Å²) in [4.78, 5) is 17.7. The van der Waals surface area contributed by atoms with E-state index in [4.69, 9.17) is 4.74 Å². The number of fused-ring (bicyclic) bond motifs is 3. The maximum atomic E-state index is 13.3. The van der Waals surface area contributed by atoms with Gasteiger partial charge in [-0.2, -0.15) is 0 Å². The topological polar surface area (TPSA) is 44.1 Å². The standard InChI is InChI=1S/C19H22F2N2O2S/c1-18(2)9-11-6-7-12(25-5)8-13(11)15-14(18)16(24)23(4)17(22-15)26-10-19(3,20)21/h6-8H,9-10H2,1-5H3. The van der Waals surface area contributed by atoms with E-state index in [1.54, 1.807) is 14.2 Å². The number of methoxy groups -OCH3 is 1. The Kier molecular flexibility index (Phi) is 4.63. The lowest BCUT2D eigenvalue weighted by atomic mass is 9.72. The number of hydrogen-bond acceptors (Lipinski definition) is 4. The van der Waals surface area contributed by atoms with Crippen LogP contribution in [0.5, 0.6) is 5.75 Å². The van der Waals surface area contributed by atoms with Gasteiger partial charge in [0.1, 0.15) is 5.75 Å². The van der Waals surface area contributed by atoms with Crippen molar-refractivity contribution in [2.45, 2.75) is 43.7 Å². The first-order chi connectivity index (χ1) is 12.0. The largest absolute Gasteiger partial charge is 0.497 e. The van der Waals surface area contributed by atoms with Gasteiger partial charge in [0.15, 0.2) is 5.16 Å². The van der Waals surface area contributed by atoms with E-state index in [0.717, 1.165) is 29.8 Å². The Labute approximate surface area is 155 Å². The number of nitrogens with zero attached hydrogens (tertiary/aromatic N) is 2. The zero-order valence-corrected chi connectivity index (χ0v) is 16.3. The molecule has 0 spiro atoms. The number of hydrogen-bond donors (Lipinski definition) is 0. The molecular formula is C19H22F2N2O2S. The molecule has 1 aromatic heterocycles. The molecule has 0 fully saturated rings. The van der Waals surface area contributed by atoms with Crippen LogP contribution in [-0.2, 0) is 18.9 Å². The summed E-state index contributed by atoms with van der Waals surface area (Å²) in [6.07, 6.45) is 0.704. The zero-order valence-electron chi connectivity index (χ0n) is 15.5. The quantitative estimate of drug-likeness (QED) is 0.593. The van der Waals surface area contributed by atoms with E-state index in [1.165, 1.54) is 4.57 Å². The van der Waals surface area contributed by atoms with Gasteiger partial charge in [0.05, 0.1) is 18.6 Å². The fourth-order valence-corrected chi connectivity index (χ4v) is 4.14. The molecule has 0 unspecified atom stereocenters. The normalized spacial score (nSPS) is 15.3. The van der Waals surface area contributed by atoms with E-state index in [-0.39, 0.29) is 5.56 Å². The van der Waals surface area contributed by atoms with Gasteiger partial charge in [-0.15, -0.1) is 0 Å². The highest BCUT2D eigenvalue weighted by Gasteiger charge is 2.36. The average molecular weight is 380 g/mol. The lowest BCUT2D eigenvalue weighted by molar-refractivity contribution is 0.0491. The van der Waals surface area contributed by atoms with Gasteiger partial charge in [-0.05, 0) is 24.1 Å². The van der Waals surface area contributed by atoms with Crippen molar-refractivity contribution in [3.8, 4) is 17.0 Å². The van der Waals surface area contributed by atoms with E-state index in [1.807, 2.05) is 32.0 Å². The van der Waals surface area contributed by atoms with Gasteiger partial charge in [-0.3, -0.25) is 9.36 Å². The number of benzene rings is 1. The Morgan fingerprint density at radius 2 is 2.08 bits per heavy atom. The Morgan fingerprint density at radius 3 is 2.69 bits per heavy atom. The lowest BCUT2D eigenvalue weighted by Crippen LogP contribution is -2.37. The SMILES string of the molecule is COc1ccc2c(c1)-c1nc(SCC(C)(F)F)n(C)c(=O)c1C(C)(C)C2. The Bertz CT molecular complexity index is 917. The molecule has 0 amide bonds. The van der Waals surface area contributed by atoms with Crippen LogP contribution in [0.3, 0.4) is 0 Å². The van der Waals surface area contributed by atoms with Crippen LogP contribution < -0.4 is 10.3 Å². The molecule has 1 heterocycles. The van der Waals surface area contributed by atoms with Gasteiger partial charge in [0.25, 0.3) is 11.5 Å². The molecule has 0 aliphatic heterocycles. The third-order valence-corrected chi connectivity index (χ3v) is 5.86. The third-order valence-electron chi connectivity index (χ3n) is 4.59. The summed E-state index contributed by atoms with van der Waals surface area (Å²) in [6.45, 7) is 4.88. The van der Waals surface area contributed by atoms with Crippen molar-refractivity contribution in [2.24, 2.45) is 7.05 Å². The highest BCUT2D eigenvalue weighted by Crippen LogP contribution is 2.42. The molecule has 26 heavy (non-hydrogen) atoms. The van der Waals surface area contributed by atoms with Crippen molar-refractivity contribution in [2.75, 3.05) is 12.9 Å². The van der Waals surface area contributed by atoms with Crippen LogP contribution in [0, 0.1) is 0 Å². The van der Waals surface area contributed by atoms with Crippen LogP contribution in [-0.4, -0.2) is 28.3 Å². The first kappa shape index (κ1) is 18.9. The summed E-state index contributed by atoms with van der Waals surface area (Å²) in [7, 11) is 3.17. The minimum Gasteiger partial charge on any atom is -0.497 e. The predicted molar refractivity (Wildman–Crippen MR) is 99.5 cm³/mol. The van der Waals surface area contributed by atoms with Gasteiger partial charge < -0.3 is 4.74 Å². The molecule has 0 radical (unpaired) electrons. The number of aromatic nitrogens is 2. The number of thioether (sulfide) groups is 1. The maximum Gasteiger partial charge on any atom is 0.258 e. The molecule has 0 N–H and O–H groups in total. The molecule has 4 nitrogen and oxygen atoms in total. The Morgan fingerprint density at radius 1 is 1.38 bits per heavy atom. The summed E-state index contributed by atoms with van der Waals surface area (Å²) in [5.74, 6) is -2.59. The molecule has 7 heteroatoms. The molecule has 0 atom stereocenters. The Balaban J connectivity index is 2.22. The second-order valence-corrected chi connectivity index (χ2v) is 8.37. The first-order valence-electron chi connectivity index (χ1n) is 8.33. The molecule has 1 aliphatic carbocycles. The van der Waals surface area contributed by atoms with Gasteiger partial charge in [-0.25, -0.2) is 13.8 Å². The Hall–Kier alpha value is -1.89. The summed E-state index contributed by atoms with van der Waals surface area (Å²) in [6, 6.07) is 5.72. The van der Waals surface area contributed by atoms with Crippen molar-refractivity contribution in [3.05, 3.63) is 39.7 Å². The van der Waals surface area contributed by atoms with Crippen LogP contribution in [0.15, 0.2) is 28.2 Å². The van der Waals surface area contributed by atoms with Crippen molar-refractivity contribution in [1.29, 1.82) is 0 Å². The highest BCUT2D eigenvalue weighted by atomic mass is 32.2. The lowest BCUT2D eigenvalue weighted by Gasteiger charge is -2.33. The zero-order chi connectivity index (χ0) is 19.3. The minimum atomic E-state index is -2.83. The van der Waals surface area contributed by atoms with E-state index in [9.17, 15) is 13.6 Å². The number of rotatable bonds is 4. The molecule has 140 valence electrons. The number of ether oxygens (including phenoxy) is 1. The van der Waals surface area contributed by atoms with Crippen LogP contribution in [0.25, 0.3) is 11.3 Å². The molecule has 3 rings (SSSR count). The van der Waals surface area contributed by atoms with E-state index < -0.39 is 17.1 Å². The highest BCUT2D eigenvalue weighted by molar-refractivity contribution is 7.99.